The summed E-state index contributed by atoms with van der Waals surface area (Å²) in [6.45, 7) is 9.73. The Bertz CT molecular complexity index is 410. The van der Waals surface area contributed by atoms with Gasteiger partial charge >= 0.3 is 0 Å². The topological polar surface area (TPSA) is 46.5 Å². The minimum absolute atomic E-state index is 0.118. The Kier molecular flexibility index (Phi) is 4.52. The van der Waals surface area contributed by atoms with Gasteiger partial charge in [0.2, 0.25) is 0 Å². The molecule has 1 N–H and O–H groups in total. The number of aryl methyl sites for hydroxylation is 2. The fraction of sp³-hybridized carbons (Fsp3) is 0.533. The van der Waals surface area contributed by atoms with Crippen LogP contribution in [0.1, 0.15) is 42.3 Å². The van der Waals surface area contributed by atoms with Crippen molar-refractivity contribution in [2.24, 2.45) is 5.92 Å². The summed E-state index contributed by atoms with van der Waals surface area (Å²) in [7, 11) is 0. The largest absolute Gasteiger partial charge is 0.490 e. The van der Waals surface area contributed by atoms with Crippen LogP contribution in [0.2, 0.25) is 0 Å². The lowest BCUT2D eigenvalue weighted by atomic mass is 9.93. The van der Waals surface area contributed by atoms with Gasteiger partial charge in [-0.15, -0.1) is 0 Å². The Morgan fingerprint density at radius 1 is 1.33 bits per heavy atom. The summed E-state index contributed by atoms with van der Waals surface area (Å²) in [5.74, 6) is 0.869. The summed E-state index contributed by atoms with van der Waals surface area (Å²) in [5, 5.41) is 10.2. The zero-order valence-electron chi connectivity index (χ0n) is 11.8. The number of ether oxygens (including phenoxy) is 1. The molecule has 100 valence electrons. The summed E-state index contributed by atoms with van der Waals surface area (Å²) >= 11 is 0. The molecule has 0 aromatic heterocycles. The Balaban J connectivity index is 2.89. The highest BCUT2D eigenvalue weighted by Gasteiger charge is 2.26. The van der Waals surface area contributed by atoms with Crippen LogP contribution in [0.3, 0.4) is 0 Å². The first-order valence-corrected chi connectivity index (χ1v) is 6.19. The lowest BCUT2D eigenvalue weighted by molar-refractivity contribution is -0.0269. The first-order chi connectivity index (χ1) is 8.27. The average molecular weight is 250 g/mol. The number of aldehydes is 1. The molecule has 0 aliphatic carbocycles. The van der Waals surface area contributed by atoms with E-state index in [9.17, 15) is 9.90 Å². The third-order valence-electron chi connectivity index (χ3n) is 3.37. The SMILES string of the molecule is Cc1cc(C=O)cc(C)c1OCC(C)(O)C(C)C. The maximum atomic E-state index is 10.7. The van der Waals surface area contributed by atoms with E-state index in [1.165, 1.54) is 0 Å². The minimum Gasteiger partial charge on any atom is -0.490 e. The van der Waals surface area contributed by atoms with Gasteiger partial charge < -0.3 is 9.84 Å². The van der Waals surface area contributed by atoms with Crippen molar-refractivity contribution in [3.63, 3.8) is 0 Å². The van der Waals surface area contributed by atoms with E-state index in [1.807, 2.05) is 27.7 Å². The van der Waals surface area contributed by atoms with Gasteiger partial charge in [-0.3, -0.25) is 4.79 Å². The monoisotopic (exact) mass is 250 g/mol. The highest BCUT2D eigenvalue weighted by molar-refractivity contribution is 5.76. The number of rotatable bonds is 5. The van der Waals surface area contributed by atoms with E-state index < -0.39 is 5.60 Å². The van der Waals surface area contributed by atoms with Gasteiger partial charge in [0, 0.05) is 5.56 Å². The highest BCUT2D eigenvalue weighted by Crippen LogP contribution is 2.26. The van der Waals surface area contributed by atoms with Gasteiger partial charge in [-0.25, -0.2) is 0 Å². The zero-order chi connectivity index (χ0) is 13.9. The lowest BCUT2D eigenvalue weighted by Crippen LogP contribution is -2.38. The Morgan fingerprint density at radius 2 is 1.83 bits per heavy atom. The summed E-state index contributed by atoms with van der Waals surface area (Å²) in [6, 6.07) is 3.58. The zero-order valence-corrected chi connectivity index (χ0v) is 11.8. The Labute approximate surface area is 109 Å². The molecule has 0 spiro atoms. The van der Waals surface area contributed by atoms with E-state index in [-0.39, 0.29) is 12.5 Å². The van der Waals surface area contributed by atoms with Crippen molar-refractivity contribution in [2.75, 3.05) is 6.61 Å². The Morgan fingerprint density at radius 3 is 2.22 bits per heavy atom. The number of aliphatic hydroxyl groups is 1. The van der Waals surface area contributed by atoms with E-state index in [1.54, 1.807) is 19.1 Å². The molecule has 18 heavy (non-hydrogen) atoms. The third-order valence-corrected chi connectivity index (χ3v) is 3.37. The summed E-state index contributed by atoms with van der Waals surface area (Å²) in [6.07, 6.45) is 0.827. The molecule has 3 nitrogen and oxygen atoms in total. The molecule has 1 aromatic rings. The highest BCUT2D eigenvalue weighted by atomic mass is 16.5. The van der Waals surface area contributed by atoms with E-state index in [2.05, 4.69) is 0 Å². The lowest BCUT2D eigenvalue weighted by Gasteiger charge is -2.28. The standard InChI is InChI=1S/C15H22O3/c1-10(2)15(5,17)9-18-14-11(3)6-13(8-16)7-12(14)4/h6-8,10,17H,9H2,1-5H3. The van der Waals surface area contributed by atoms with Gasteiger partial charge in [-0.1, -0.05) is 13.8 Å². The fourth-order valence-electron chi connectivity index (χ4n) is 1.66. The molecule has 0 saturated carbocycles. The van der Waals surface area contributed by atoms with E-state index in [0.717, 1.165) is 23.2 Å². The van der Waals surface area contributed by atoms with E-state index in [4.69, 9.17) is 4.74 Å². The number of hydrogen-bond acceptors (Lipinski definition) is 3. The van der Waals surface area contributed by atoms with Crippen molar-refractivity contribution in [3.05, 3.63) is 28.8 Å². The van der Waals surface area contributed by atoms with Gasteiger partial charge in [-0.2, -0.15) is 0 Å². The second-order valence-corrected chi connectivity index (χ2v) is 5.40. The van der Waals surface area contributed by atoms with Crippen LogP contribution in [0.25, 0.3) is 0 Å². The third kappa shape index (κ3) is 3.33. The fourth-order valence-corrected chi connectivity index (χ4v) is 1.66. The van der Waals surface area contributed by atoms with E-state index in [0.29, 0.717) is 5.56 Å². The van der Waals surface area contributed by atoms with Crippen molar-refractivity contribution < 1.29 is 14.6 Å². The molecule has 0 radical (unpaired) electrons. The van der Waals surface area contributed by atoms with Crippen LogP contribution >= 0.6 is 0 Å². The average Bonchev–Trinajstić information content (AvgIpc) is 2.27. The Hall–Kier alpha value is -1.35. The molecule has 0 aliphatic heterocycles. The number of benzene rings is 1. The second-order valence-electron chi connectivity index (χ2n) is 5.40. The summed E-state index contributed by atoms with van der Waals surface area (Å²) < 4.78 is 5.73. The molecule has 0 heterocycles. The van der Waals surface area contributed by atoms with Crippen molar-refractivity contribution in [2.45, 2.75) is 40.2 Å². The molecular formula is C15H22O3. The van der Waals surface area contributed by atoms with Crippen molar-refractivity contribution >= 4 is 6.29 Å². The van der Waals surface area contributed by atoms with Crippen molar-refractivity contribution in [1.29, 1.82) is 0 Å². The molecule has 0 bridgehead atoms. The first-order valence-electron chi connectivity index (χ1n) is 6.19. The maximum Gasteiger partial charge on any atom is 0.150 e. The van der Waals surface area contributed by atoms with Gasteiger partial charge in [-0.05, 0) is 49.9 Å². The summed E-state index contributed by atoms with van der Waals surface area (Å²) in [4.78, 5) is 10.7. The minimum atomic E-state index is -0.859. The normalized spacial score (nSPS) is 14.4. The molecular weight excluding hydrogens is 228 g/mol. The molecule has 0 amide bonds. The predicted octanol–water partition coefficient (Wildman–Crippen LogP) is 2.90. The van der Waals surface area contributed by atoms with Crippen LogP contribution in [0.15, 0.2) is 12.1 Å². The second kappa shape index (κ2) is 5.53. The first kappa shape index (κ1) is 14.7. The number of carbonyl (C=O) groups is 1. The van der Waals surface area contributed by atoms with Gasteiger partial charge in [0.05, 0.1) is 5.60 Å². The summed E-state index contributed by atoms with van der Waals surface area (Å²) in [5.41, 5.74) is 1.61. The van der Waals surface area contributed by atoms with E-state index >= 15 is 0 Å². The van der Waals surface area contributed by atoms with Crippen LogP contribution < -0.4 is 4.74 Å². The van der Waals surface area contributed by atoms with Crippen LogP contribution in [-0.2, 0) is 0 Å². The number of carbonyl (C=O) groups excluding carboxylic acids is 1. The quantitative estimate of drug-likeness (QED) is 0.817. The van der Waals surface area contributed by atoms with Gasteiger partial charge in [0.15, 0.2) is 0 Å². The molecule has 0 fully saturated rings. The van der Waals surface area contributed by atoms with Crippen LogP contribution in [0, 0.1) is 19.8 Å². The number of hydrogen-bond donors (Lipinski definition) is 1. The van der Waals surface area contributed by atoms with Crippen LogP contribution in [0.4, 0.5) is 0 Å². The van der Waals surface area contributed by atoms with Gasteiger partial charge in [0.1, 0.15) is 18.6 Å². The van der Waals surface area contributed by atoms with Crippen LogP contribution in [0.5, 0.6) is 5.75 Å². The van der Waals surface area contributed by atoms with Crippen LogP contribution in [-0.4, -0.2) is 23.6 Å². The molecule has 1 unspecified atom stereocenters. The molecule has 0 saturated heterocycles. The van der Waals surface area contributed by atoms with Crippen molar-refractivity contribution in [3.8, 4) is 5.75 Å². The predicted molar refractivity (Wildman–Crippen MR) is 72.3 cm³/mol. The molecule has 1 aromatic carbocycles. The molecule has 0 aliphatic rings. The van der Waals surface area contributed by atoms with Crippen molar-refractivity contribution in [1.82, 2.24) is 0 Å². The molecule has 3 heteroatoms. The maximum absolute atomic E-state index is 10.7. The van der Waals surface area contributed by atoms with Gasteiger partial charge in [0.25, 0.3) is 0 Å². The smallest absolute Gasteiger partial charge is 0.150 e. The molecule has 1 rings (SSSR count). The molecule has 1 atom stereocenters.